The van der Waals surface area contributed by atoms with Gasteiger partial charge in [0.15, 0.2) is 0 Å². The molecule has 3 nitrogen and oxygen atoms in total. The number of piperazine rings is 1. The molecule has 1 heterocycles. The van der Waals surface area contributed by atoms with Crippen molar-refractivity contribution in [3.05, 3.63) is 35.9 Å². The Hall–Kier alpha value is -0.900. The first-order chi connectivity index (χ1) is 8.54. The molecular weight excluding hydrogens is 222 g/mol. The van der Waals surface area contributed by atoms with Gasteiger partial charge in [-0.2, -0.15) is 0 Å². The molecule has 0 spiro atoms. The van der Waals surface area contributed by atoms with E-state index in [-0.39, 0.29) is 5.54 Å². The molecule has 0 amide bonds. The van der Waals surface area contributed by atoms with Crippen LogP contribution in [0.2, 0.25) is 0 Å². The summed E-state index contributed by atoms with van der Waals surface area (Å²) in [6, 6.07) is 11.0. The van der Waals surface area contributed by atoms with Crippen molar-refractivity contribution >= 4 is 0 Å². The van der Waals surface area contributed by atoms with Crippen LogP contribution in [0.4, 0.5) is 0 Å². The predicted octanol–water partition coefficient (Wildman–Crippen LogP) is 1.71. The monoisotopic (exact) mass is 247 g/mol. The summed E-state index contributed by atoms with van der Waals surface area (Å²) in [5.74, 6) is 0. The van der Waals surface area contributed by atoms with Crippen molar-refractivity contribution < 1.29 is 0 Å². The maximum Gasteiger partial charge on any atom is 0.0471 e. The molecule has 100 valence electrons. The first kappa shape index (κ1) is 13.5. The Kier molecular flexibility index (Phi) is 4.05. The second kappa shape index (κ2) is 5.39. The van der Waals surface area contributed by atoms with Gasteiger partial charge in [0.2, 0.25) is 0 Å². The van der Waals surface area contributed by atoms with E-state index >= 15 is 0 Å². The van der Waals surface area contributed by atoms with Gasteiger partial charge in [-0.05, 0) is 26.5 Å². The van der Waals surface area contributed by atoms with E-state index in [2.05, 4.69) is 61.0 Å². The molecule has 0 saturated carbocycles. The first-order valence-corrected chi connectivity index (χ1v) is 6.75. The highest BCUT2D eigenvalue weighted by atomic mass is 15.3. The molecule has 2 rings (SSSR count). The zero-order valence-electron chi connectivity index (χ0n) is 11.8. The molecule has 0 bridgehead atoms. The molecule has 0 radical (unpaired) electrons. The van der Waals surface area contributed by atoms with Crippen LogP contribution in [-0.4, -0.2) is 48.6 Å². The molecule has 1 aliphatic heterocycles. The number of hydrogen-bond acceptors (Lipinski definition) is 3. The molecule has 1 aliphatic rings. The second-order valence-electron chi connectivity index (χ2n) is 5.87. The third-order valence-corrected chi connectivity index (χ3v) is 4.19. The van der Waals surface area contributed by atoms with Crippen LogP contribution in [-0.2, 0) is 0 Å². The van der Waals surface area contributed by atoms with Crippen molar-refractivity contribution in [2.45, 2.75) is 25.4 Å². The molecule has 0 aromatic heterocycles. The minimum atomic E-state index is 0.223. The van der Waals surface area contributed by atoms with Crippen molar-refractivity contribution in [3.8, 4) is 0 Å². The van der Waals surface area contributed by atoms with E-state index in [4.69, 9.17) is 5.73 Å². The molecule has 2 N–H and O–H groups in total. The van der Waals surface area contributed by atoms with Gasteiger partial charge in [-0.1, -0.05) is 30.3 Å². The Morgan fingerprint density at radius 3 is 2.44 bits per heavy atom. The summed E-state index contributed by atoms with van der Waals surface area (Å²) < 4.78 is 0. The number of nitrogens with two attached hydrogens (primary N) is 1. The average Bonchev–Trinajstić information content (AvgIpc) is 2.36. The summed E-state index contributed by atoms with van der Waals surface area (Å²) in [6.07, 6.45) is 0. The van der Waals surface area contributed by atoms with E-state index in [1.807, 2.05) is 0 Å². The Morgan fingerprint density at radius 2 is 1.89 bits per heavy atom. The van der Waals surface area contributed by atoms with Crippen LogP contribution < -0.4 is 5.73 Å². The summed E-state index contributed by atoms with van der Waals surface area (Å²) in [5.41, 5.74) is 7.56. The minimum Gasteiger partial charge on any atom is -0.329 e. The molecule has 1 fully saturated rings. The van der Waals surface area contributed by atoms with Crippen LogP contribution in [0, 0.1) is 0 Å². The van der Waals surface area contributed by atoms with Crippen molar-refractivity contribution in [1.29, 1.82) is 0 Å². The van der Waals surface area contributed by atoms with Crippen LogP contribution in [0.25, 0.3) is 0 Å². The van der Waals surface area contributed by atoms with E-state index in [0.29, 0.717) is 12.6 Å². The smallest absolute Gasteiger partial charge is 0.0471 e. The third-order valence-electron chi connectivity index (χ3n) is 4.19. The van der Waals surface area contributed by atoms with E-state index in [0.717, 1.165) is 19.6 Å². The lowest BCUT2D eigenvalue weighted by Gasteiger charge is -2.48. The Morgan fingerprint density at radius 1 is 1.22 bits per heavy atom. The van der Waals surface area contributed by atoms with Gasteiger partial charge in [0, 0.05) is 37.8 Å². The lowest BCUT2D eigenvalue weighted by Crippen LogP contribution is -2.58. The van der Waals surface area contributed by atoms with Gasteiger partial charge in [0.05, 0.1) is 0 Å². The number of nitrogens with zero attached hydrogens (tertiary/aromatic N) is 2. The van der Waals surface area contributed by atoms with Crippen LogP contribution in [0.3, 0.4) is 0 Å². The fourth-order valence-corrected chi connectivity index (χ4v) is 2.72. The summed E-state index contributed by atoms with van der Waals surface area (Å²) in [6.45, 7) is 8.56. The predicted molar refractivity (Wildman–Crippen MR) is 76.5 cm³/mol. The standard InChI is InChI=1S/C15H25N3/c1-15(2)12-18(10-9-17(15)3)14(11-16)13-7-5-4-6-8-13/h4-8,14H,9-12,16H2,1-3H3. The van der Waals surface area contributed by atoms with Crippen LogP contribution in [0.15, 0.2) is 30.3 Å². The SMILES string of the molecule is CN1CCN(C(CN)c2ccccc2)CC1(C)C. The van der Waals surface area contributed by atoms with Crippen LogP contribution in [0.1, 0.15) is 25.5 Å². The van der Waals surface area contributed by atoms with Crippen molar-refractivity contribution in [2.24, 2.45) is 5.73 Å². The zero-order valence-corrected chi connectivity index (χ0v) is 11.8. The molecule has 1 aromatic carbocycles. The van der Waals surface area contributed by atoms with E-state index in [9.17, 15) is 0 Å². The molecular formula is C15H25N3. The molecule has 1 atom stereocenters. The second-order valence-corrected chi connectivity index (χ2v) is 5.87. The molecule has 0 aliphatic carbocycles. The highest BCUT2D eigenvalue weighted by Crippen LogP contribution is 2.26. The molecule has 1 unspecified atom stereocenters. The number of hydrogen-bond donors (Lipinski definition) is 1. The summed E-state index contributed by atoms with van der Waals surface area (Å²) in [7, 11) is 2.21. The van der Waals surface area contributed by atoms with Gasteiger partial charge in [-0.15, -0.1) is 0 Å². The topological polar surface area (TPSA) is 32.5 Å². The van der Waals surface area contributed by atoms with Gasteiger partial charge in [-0.25, -0.2) is 0 Å². The number of rotatable bonds is 3. The third kappa shape index (κ3) is 2.74. The number of likely N-dealkylation sites (N-methyl/N-ethyl adjacent to an activating group) is 1. The first-order valence-electron chi connectivity index (χ1n) is 6.75. The van der Waals surface area contributed by atoms with Gasteiger partial charge < -0.3 is 5.73 Å². The van der Waals surface area contributed by atoms with Crippen molar-refractivity contribution in [1.82, 2.24) is 9.80 Å². The minimum absolute atomic E-state index is 0.223. The fourth-order valence-electron chi connectivity index (χ4n) is 2.72. The average molecular weight is 247 g/mol. The van der Waals surface area contributed by atoms with Crippen molar-refractivity contribution in [2.75, 3.05) is 33.2 Å². The molecule has 18 heavy (non-hydrogen) atoms. The van der Waals surface area contributed by atoms with Gasteiger partial charge in [-0.3, -0.25) is 9.80 Å². The van der Waals surface area contributed by atoms with E-state index in [1.54, 1.807) is 0 Å². The molecule has 1 saturated heterocycles. The maximum atomic E-state index is 6.00. The van der Waals surface area contributed by atoms with Crippen LogP contribution >= 0.6 is 0 Å². The number of benzene rings is 1. The largest absolute Gasteiger partial charge is 0.329 e. The lowest BCUT2D eigenvalue weighted by atomic mass is 9.96. The van der Waals surface area contributed by atoms with Gasteiger partial charge in [0.25, 0.3) is 0 Å². The van der Waals surface area contributed by atoms with Crippen molar-refractivity contribution in [3.63, 3.8) is 0 Å². The summed E-state index contributed by atoms with van der Waals surface area (Å²) in [4.78, 5) is 4.96. The Labute approximate surface area is 111 Å². The molecule has 3 heteroatoms. The zero-order chi connectivity index (χ0) is 13.2. The fraction of sp³-hybridized carbons (Fsp3) is 0.600. The molecule has 1 aromatic rings. The van der Waals surface area contributed by atoms with E-state index < -0.39 is 0 Å². The highest BCUT2D eigenvalue weighted by molar-refractivity contribution is 5.20. The summed E-state index contributed by atoms with van der Waals surface area (Å²) in [5, 5.41) is 0. The lowest BCUT2D eigenvalue weighted by molar-refractivity contribution is 0.0180. The maximum absolute atomic E-state index is 6.00. The van der Waals surface area contributed by atoms with E-state index in [1.165, 1.54) is 5.56 Å². The summed E-state index contributed by atoms with van der Waals surface area (Å²) >= 11 is 0. The Bertz CT molecular complexity index is 375. The van der Waals surface area contributed by atoms with Gasteiger partial charge in [0.1, 0.15) is 0 Å². The van der Waals surface area contributed by atoms with Crippen LogP contribution in [0.5, 0.6) is 0 Å². The van der Waals surface area contributed by atoms with Gasteiger partial charge >= 0.3 is 0 Å². The highest BCUT2D eigenvalue weighted by Gasteiger charge is 2.34. The Balaban J connectivity index is 2.15. The normalized spacial score (nSPS) is 22.9. The quantitative estimate of drug-likeness (QED) is 0.882.